The van der Waals surface area contributed by atoms with Crippen molar-refractivity contribution in [2.24, 2.45) is 0 Å². The monoisotopic (exact) mass is 443 g/mol. The Morgan fingerprint density at radius 3 is 2.38 bits per heavy atom. The summed E-state index contributed by atoms with van der Waals surface area (Å²) in [6.07, 6.45) is 2.81. The lowest BCUT2D eigenvalue weighted by Gasteiger charge is -2.04. The van der Waals surface area contributed by atoms with E-state index in [2.05, 4.69) is 29.0 Å². The topological polar surface area (TPSA) is 41.2 Å². The third-order valence-electron chi connectivity index (χ3n) is 4.23. The number of hydrogen-bond acceptors (Lipinski definition) is 2. The minimum absolute atomic E-state index is 0.164. The molecule has 0 saturated carbocycles. The normalized spacial score (nSPS) is 11.6. The van der Waals surface area contributed by atoms with Gasteiger partial charge in [0.05, 0.1) is 22.2 Å². The van der Waals surface area contributed by atoms with Crippen molar-refractivity contribution < 1.29 is 31.7 Å². The number of benzene rings is 2. The number of carboxylic acids is 1. The smallest absolute Gasteiger partial charge is 0.481 e. The maximum absolute atomic E-state index is 10.9. The Balaban J connectivity index is 0.000000431. The van der Waals surface area contributed by atoms with Crippen LogP contribution in [0, 0.1) is 0 Å². The largest absolute Gasteiger partial charge is 0.673 e. The van der Waals surface area contributed by atoms with Crippen LogP contribution in [-0.2, 0) is 11.3 Å². The molecule has 152 valence electrons. The van der Waals surface area contributed by atoms with Crippen molar-refractivity contribution in [2.45, 2.75) is 19.4 Å². The van der Waals surface area contributed by atoms with Gasteiger partial charge in [0.2, 0.25) is 5.52 Å². The van der Waals surface area contributed by atoms with E-state index in [0.717, 1.165) is 21.3 Å². The van der Waals surface area contributed by atoms with E-state index in [0.29, 0.717) is 13.0 Å². The fraction of sp³-hybridized carbons (Fsp3) is 0.158. The van der Waals surface area contributed by atoms with E-state index in [-0.39, 0.29) is 6.42 Å². The molecule has 0 atom stereocenters. The maximum atomic E-state index is 10.9. The molecule has 2 aromatic carbocycles. The molecule has 0 aliphatic rings. The molecule has 0 aliphatic carbocycles. The molecule has 0 aliphatic heterocycles. The van der Waals surface area contributed by atoms with Gasteiger partial charge in [-0.2, -0.15) is 4.57 Å². The number of aromatic nitrogens is 1. The molecule has 10 heteroatoms. The number of thiophene rings is 1. The van der Waals surface area contributed by atoms with Gasteiger partial charge in [-0.25, -0.2) is 0 Å². The van der Waals surface area contributed by atoms with Crippen LogP contribution >= 0.6 is 22.9 Å². The SMILES string of the molecule is F[B-](F)(F)F.O=C(O)CCC[n+]1cc2c(Cl)cccc2c2sc3ccccc3c21. The van der Waals surface area contributed by atoms with Crippen molar-refractivity contribution >= 4 is 67.2 Å². The van der Waals surface area contributed by atoms with Gasteiger partial charge in [0.25, 0.3) is 0 Å². The van der Waals surface area contributed by atoms with E-state index in [1.54, 1.807) is 11.3 Å². The fourth-order valence-electron chi connectivity index (χ4n) is 3.16. The van der Waals surface area contributed by atoms with Crippen LogP contribution in [0.15, 0.2) is 48.7 Å². The van der Waals surface area contributed by atoms with Crippen LogP contribution in [0.2, 0.25) is 5.02 Å². The predicted octanol–water partition coefficient (Wildman–Crippen LogP) is 6.31. The number of nitrogens with zero attached hydrogens (tertiary/aromatic N) is 1. The molecule has 0 bridgehead atoms. The van der Waals surface area contributed by atoms with Crippen LogP contribution in [0.3, 0.4) is 0 Å². The third-order valence-corrected chi connectivity index (χ3v) is 5.75. The second-order valence-corrected chi connectivity index (χ2v) is 7.75. The number of carbonyl (C=O) groups is 1. The van der Waals surface area contributed by atoms with Crippen LogP contribution in [0.4, 0.5) is 17.3 Å². The number of carboxylic acid groups (broad SMARTS) is 1. The quantitative estimate of drug-likeness (QED) is 0.228. The van der Waals surface area contributed by atoms with Crippen molar-refractivity contribution in [3.05, 3.63) is 53.7 Å². The Labute approximate surface area is 172 Å². The summed E-state index contributed by atoms with van der Waals surface area (Å²) in [6.45, 7) is 0.657. The first-order valence-electron chi connectivity index (χ1n) is 8.66. The van der Waals surface area contributed by atoms with E-state index in [4.69, 9.17) is 16.7 Å². The third kappa shape index (κ3) is 5.16. The van der Waals surface area contributed by atoms with E-state index in [9.17, 15) is 22.1 Å². The lowest BCUT2D eigenvalue weighted by molar-refractivity contribution is -0.669. The van der Waals surface area contributed by atoms with Crippen LogP contribution in [0.1, 0.15) is 12.8 Å². The zero-order valence-electron chi connectivity index (χ0n) is 14.9. The first-order valence-corrected chi connectivity index (χ1v) is 9.85. The second kappa shape index (κ2) is 8.55. The number of pyridine rings is 1. The van der Waals surface area contributed by atoms with Crippen molar-refractivity contribution in [1.29, 1.82) is 0 Å². The highest BCUT2D eigenvalue weighted by atomic mass is 35.5. The van der Waals surface area contributed by atoms with Crippen molar-refractivity contribution in [3.63, 3.8) is 0 Å². The summed E-state index contributed by atoms with van der Waals surface area (Å²) in [5, 5.41) is 13.0. The summed E-state index contributed by atoms with van der Waals surface area (Å²) in [5.41, 5.74) is 1.16. The summed E-state index contributed by atoms with van der Waals surface area (Å²) >= 11 is 8.17. The molecule has 0 amide bonds. The number of rotatable bonds is 4. The Morgan fingerprint density at radius 2 is 1.69 bits per heavy atom. The van der Waals surface area contributed by atoms with Gasteiger partial charge in [0.1, 0.15) is 11.2 Å². The van der Waals surface area contributed by atoms with Crippen molar-refractivity contribution in [3.8, 4) is 0 Å². The second-order valence-electron chi connectivity index (χ2n) is 6.29. The average molecular weight is 444 g/mol. The lowest BCUT2D eigenvalue weighted by atomic mass is 10.1. The van der Waals surface area contributed by atoms with E-state index >= 15 is 0 Å². The number of aliphatic carboxylic acids is 1. The zero-order valence-corrected chi connectivity index (χ0v) is 16.5. The molecule has 4 rings (SSSR count). The van der Waals surface area contributed by atoms with E-state index in [1.807, 2.05) is 24.3 Å². The van der Waals surface area contributed by atoms with E-state index in [1.165, 1.54) is 14.8 Å². The molecule has 0 unspecified atom stereocenters. The molecular formula is C19H15BClF4NO2S. The Bertz CT molecular complexity index is 1190. The van der Waals surface area contributed by atoms with Gasteiger partial charge in [-0.1, -0.05) is 35.9 Å². The summed E-state index contributed by atoms with van der Waals surface area (Å²) in [4.78, 5) is 10.9. The van der Waals surface area contributed by atoms with Crippen molar-refractivity contribution in [2.75, 3.05) is 0 Å². The van der Waals surface area contributed by atoms with E-state index < -0.39 is 13.2 Å². The van der Waals surface area contributed by atoms with Gasteiger partial charge < -0.3 is 22.4 Å². The van der Waals surface area contributed by atoms with Gasteiger partial charge in [0, 0.05) is 16.5 Å². The first-order chi connectivity index (χ1) is 13.6. The van der Waals surface area contributed by atoms with Crippen LogP contribution in [0.5, 0.6) is 0 Å². The van der Waals surface area contributed by atoms with Gasteiger partial charge >= 0.3 is 13.2 Å². The number of aryl methyl sites for hydroxylation is 1. The average Bonchev–Trinajstić information content (AvgIpc) is 3.01. The van der Waals surface area contributed by atoms with Gasteiger partial charge in [0.15, 0.2) is 6.20 Å². The minimum atomic E-state index is -6.00. The summed E-state index contributed by atoms with van der Waals surface area (Å²) in [7, 11) is -6.00. The standard InChI is InChI=1S/C19H14ClNO2S.BF4/c20-15-7-3-6-12-14(15)11-21(10-4-9-17(22)23)18-13-5-1-2-8-16(13)24-19(12)18;2-1(3,4)5/h1-3,5-8,11H,4,9-10H2;/q;-1/p+1. The fourth-order valence-corrected chi connectivity index (χ4v) is 4.64. The number of hydrogen-bond donors (Lipinski definition) is 1. The lowest BCUT2D eigenvalue weighted by Crippen LogP contribution is -2.34. The Morgan fingerprint density at radius 1 is 1.03 bits per heavy atom. The first kappa shape index (κ1) is 21.3. The molecule has 0 fully saturated rings. The van der Waals surface area contributed by atoms with Crippen LogP contribution in [-0.4, -0.2) is 18.3 Å². The highest BCUT2D eigenvalue weighted by molar-refractivity contribution is 7.26. The molecule has 2 aromatic heterocycles. The molecule has 1 N–H and O–H groups in total. The Kier molecular flexibility index (Phi) is 6.28. The molecule has 0 saturated heterocycles. The molecular weight excluding hydrogens is 429 g/mol. The highest BCUT2D eigenvalue weighted by Gasteiger charge is 2.21. The number of fused-ring (bicyclic) bond motifs is 5. The van der Waals surface area contributed by atoms with Gasteiger partial charge in [-0.05, 0) is 18.2 Å². The molecule has 0 radical (unpaired) electrons. The zero-order chi connectivity index (χ0) is 21.2. The highest BCUT2D eigenvalue weighted by Crippen LogP contribution is 2.37. The van der Waals surface area contributed by atoms with Crippen LogP contribution < -0.4 is 4.57 Å². The summed E-state index contributed by atoms with van der Waals surface area (Å²) in [5.74, 6) is -0.763. The minimum Gasteiger partial charge on any atom is -0.481 e. The van der Waals surface area contributed by atoms with Gasteiger partial charge in [-0.3, -0.25) is 4.79 Å². The molecule has 0 spiro atoms. The summed E-state index contributed by atoms with van der Waals surface area (Å²) in [6, 6.07) is 14.3. The van der Waals surface area contributed by atoms with Gasteiger partial charge in [-0.15, -0.1) is 11.3 Å². The van der Waals surface area contributed by atoms with Crippen LogP contribution in [0.25, 0.3) is 31.1 Å². The number of halogens is 5. The maximum Gasteiger partial charge on any atom is 0.673 e. The molecule has 29 heavy (non-hydrogen) atoms. The Hall–Kier alpha value is -2.39. The summed E-state index contributed by atoms with van der Waals surface area (Å²) < 4.78 is 43.6. The predicted molar refractivity (Wildman–Crippen MR) is 109 cm³/mol. The molecule has 2 heterocycles. The molecule has 3 nitrogen and oxygen atoms in total. The van der Waals surface area contributed by atoms with Crippen molar-refractivity contribution in [1.82, 2.24) is 0 Å². The molecule has 4 aromatic rings.